The second-order valence-electron chi connectivity index (χ2n) is 7.37. The van der Waals surface area contributed by atoms with Gasteiger partial charge in [-0.1, -0.05) is 24.3 Å². The minimum atomic E-state index is -0.200. The summed E-state index contributed by atoms with van der Waals surface area (Å²) in [5.74, 6) is 0.0841. The van der Waals surface area contributed by atoms with E-state index in [1.807, 2.05) is 42.2 Å². The molecule has 1 aliphatic heterocycles. The number of carbonyl (C=O) groups is 2. The summed E-state index contributed by atoms with van der Waals surface area (Å²) >= 11 is 0. The number of benzene rings is 1. The van der Waals surface area contributed by atoms with Crippen LogP contribution in [-0.2, 0) is 11.3 Å². The lowest BCUT2D eigenvalue weighted by Crippen LogP contribution is -2.49. The number of pyridine rings is 1. The first kappa shape index (κ1) is 20.6. The third-order valence-corrected chi connectivity index (χ3v) is 5.09. The molecule has 0 aliphatic carbocycles. The molecule has 1 saturated heterocycles. The number of piperazine rings is 1. The van der Waals surface area contributed by atoms with Gasteiger partial charge in [-0.15, -0.1) is 0 Å². The number of hydrogen-bond donors (Lipinski definition) is 1. The lowest BCUT2D eigenvalue weighted by molar-refractivity contribution is -0.131. The number of nitrogens with zero attached hydrogens (tertiary/aromatic N) is 4. The number of carbonyl (C=O) groups excluding carboxylic acids is 2. The maximum Gasteiger partial charge on any atom is 0.317 e. The quantitative estimate of drug-likeness (QED) is 0.815. The maximum absolute atomic E-state index is 12.4. The van der Waals surface area contributed by atoms with E-state index in [-0.39, 0.29) is 11.9 Å². The highest BCUT2D eigenvalue weighted by Gasteiger charge is 2.21. The summed E-state index contributed by atoms with van der Waals surface area (Å²) in [6, 6.07) is 13.9. The van der Waals surface area contributed by atoms with E-state index in [2.05, 4.69) is 27.3 Å². The van der Waals surface area contributed by atoms with Crippen LogP contribution in [0, 0.1) is 6.92 Å². The average molecular weight is 396 g/mol. The molecule has 0 saturated carbocycles. The summed E-state index contributed by atoms with van der Waals surface area (Å²) in [5, 5.41) is 2.82. The van der Waals surface area contributed by atoms with Crippen molar-refractivity contribution in [3.63, 3.8) is 0 Å². The maximum atomic E-state index is 12.4. The van der Waals surface area contributed by atoms with Gasteiger partial charge in [0.1, 0.15) is 0 Å². The highest BCUT2D eigenvalue weighted by molar-refractivity contribution is 5.78. The summed E-state index contributed by atoms with van der Waals surface area (Å²) in [7, 11) is 1.72. The van der Waals surface area contributed by atoms with Gasteiger partial charge in [-0.25, -0.2) is 4.79 Å². The van der Waals surface area contributed by atoms with Crippen LogP contribution >= 0.6 is 0 Å². The van der Waals surface area contributed by atoms with E-state index in [9.17, 15) is 9.59 Å². The van der Waals surface area contributed by atoms with E-state index in [0.29, 0.717) is 32.6 Å². The summed E-state index contributed by atoms with van der Waals surface area (Å²) < 4.78 is 0. The fraction of sp³-hybridized carbons (Fsp3) is 0.409. The Morgan fingerprint density at radius 2 is 1.79 bits per heavy atom. The first-order chi connectivity index (χ1) is 14.0. The number of amides is 3. The largest absolute Gasteiger partial charge is 0.368 e. The molecule has 1 aliphatic rings. The molecule has 0 unspecified atom stereocenters. The smallest absolute Gasteiger partial charge is 0.317 e. The molecule has 0 spiro atoms. The number of para-hydroxylation sites is 1. The van der Waals surface area contributed by atoms with Gasteiger partial charge in [0.15, 0.2) is 0 Å². The molecule has 2 aromatic rings. The first-order valence-corrected chi connectivity index (χ1v) is 10.0. The van der Waals surface area contributed by atoms with Crippen molar-refractivity contribution in [2.45, 2.75) is 19.9 Å². The van der Waals surface area contributed by atoms with Crippen LogP contribution < -0.4 is 10.2 Å². The van der Waals surface area contributed by atoms with Crippen molar-refractivity contribution in [3.8, 4) is 0 Å². The molecule has 0 atom stereocenters. The normalized spacial score (nSPS) is 13.9. The zero-order valence-electron chi connectivity index (χ0n) is 17.2. The number of urea groups is 1. The third-order valence-electron chi connectivity index (χ3n) is 5.09. The Bertz CT molecular complexity index is 802. The fourth-order valence-corrected chi connectivity index (χ4v) is 3.33. The van der Waals surface area contributed by atoms with Gasteiger partial charge in [0.2, 0.25) is 5.91 Å². The third kappa shape index (κ3) is 5.94. The second kappa shape index (κ2) is 9.91. The molecule has 3 amide bonds. The van der Waals surface area contributed by atoms with Crippen LogP contribution in [0.15, 0.2) is 48.7 Å². The molecule has 7 heteroatoms. The van der Waals surface area contributed by atoms with E-state index in [1.165, 1.54) is 5.69 Å². The van der Waals surface area contributed by atoms with Gasteiger partial charge in [0.05, 0.1) is 12.2 Å². The fourth-order valence-electron chi connectivity index (χ4n) is 3.33. The molecule has 3 rings (SSSR count). The lowest BCUT2D eigenvalue weighted by Gasteiger charge is -2.36. The van der Waals surface area contributed by atoms with Gasteiger partial charge in [-0.2, -0.15) is 0 Å². The van der Waals surface area contributed by atoms with E-state index in [0.717, 1.165) is 24.3 Å². The molecule has 29 heavy (non-hydrogen) atoms. The molecule has 1 fully saturated rings. The van der Waals surface area contributed by atoms with Gasteiger partial charge < -0.3 is 20.0 Å². The molecule has 1 aromatic carbocycles. The molecular weight excluding hydrogens is 366 g/mol. The van der Waals surface area contributed by atoms with E-state index >= 15 is 0 Å². The zero-order valence-corrected chi connectivity index (χ0v) is 17.2. The van der Waals surface area contributed by atoms with Crippen LogP contribution in [0.1, 0.15) is 17.7 Å². The van der Waals surface area contributed by atoms with Crippen LogP contribution in [0.3, 0.4) is 0 Å². The van der Waals surface area contributed by atoms with Gasteiger partial charge in [0.25, 0.3) is 0 Å². The Balaban J connectivity index is 1.36. The minimum Gasteiger partial charge on any atom is -0.368 e. The molecule has 1 aromatic heterocycles. The summed E-state index contributed by atoms with van der Waals surface area (Å²) in [4.78, 5) is 34.7. The standard InChI is InChI=1S/C22H29N5O2/c1-18-8-9-19(24-16-18)17-25(2)22(29)23-11-10-21(28)27-14-12-26(13-15-27)20-6-4-3-5-7-20/h3-9,16H,10-15,17H2,1-2H3,(H,23,29). The SMILES string of the molecule is Cc1ccc(CN(C)C(=O)NCCC(=O)N2CCN(c3ccccc3)CC2)nc1. The number of aromatic nitrogens is 1. The summed E-state index contributed by atoms with van der Waals surface area (Å²) in [6.45, 7) is 5.82. The monoisotopic (exact) mass is 395 g/mol. The van der Waals surface area contributed by atoms with E-state index in [1.54, 1.807) is 18.1 Å². The molecule has 0 bridgehead atoms. The highest BCUT2D eigenvalue weighted by Crippen LogP contribution is 2.15. The van der Waals surface area contributed by atoms with Crippen LogP contribution in [0.25, 0.3) is 0 Å². The zero-order chi connectivity index (χ0) is 20.6. The number of rotatable bonds is 6. The molecular formula is C22H29N5O2. The van der Waals surface area contributed by atoms with Crippen molar-refractivity contribution in [1.29, 1.82) is 0 Å². The van der Waals surface area contributed by atoms with Gasteiger partial charge >= 0.3 is 6.03 Å². The topological polar surface area (TPSA) is 68.8 Å². The molecule has 0 radical (unpaired) electrons. The number of nitrogens with one attached hydrogen (secondary N) is 1. The molecule has 154 valence electrons. The van der Waals surface area contributed by atoms with Crippen molar-refractivity contribution < 1.29 is 9.59 Å². The number of anilines is 1. The second-order valence-corrected chi connectivity index (χ2v) is 7.37. The van der Waals surface area contributed by atoms with Crippen molar-refractivity contribution in [2.24, 2.45) is 0 Å². The van der Waals surface area contributed by atoms with Gasteiger partial charge in [-0.3, -0.25) is 9.78 Å². The predicted molar refractivity (Wildman–Crippen MR) is 114 cm³/mol. The van der Waals surface area contributed by atoms with Crippen molar-refractivity contribution in [2.75, 3.05) is 44.7 Å². The van der Waals surface area contributed by atoms with E-state index < -0.39 is 0 Å². The first-order valence-electron chi connectivity index (χ1n) is 10.0. The summed E-state index contributed by atoms with van der Waals surface area (Å²) in [6.07, 6.45) is 2.10. The predicted octanol–water partition coefficient (Wildman–Crippen LogP) is 2.27. The van der Waals surface area contributed by atoms with Crippen LogP contribution in [0.4, 0.5) is 10.5 Å². The Hall–Kier alpha value is -3.09. The van der Waals surface area contributed by atoms with E-state index in [4.69, 9.17) is 0 Å². The molecule has 1 N–H and O–H groups in total. The number of aryl methyl sites for hydroxylation is 1. The van der Waals surface area contributed by atoms with Crippen LogP contribution in [-0.4, -0.2) is 66.5 Å². The van der Waals surface area contributed by atoms with Crippen LogP contribution in [0.2, 0.25) is 0 Å². The highest BCUT2D eigenvalue weighted by atomic mass is 16.2. The summed E-state index contributed by atoms with van der Waals surface area (Å²) in [5.41, 5.74) is 3.11. The van der Waals surface area contributed by atoms with Gasteiger partial charge in [-0.05, 0) is 30.7 Å². The Morgan fingerprint density at radius 3 is 2.45 bits per heavy atom. The van der Waals surface area contributed by atoms with Crippen molar-refractivity contribution >= 4 is 17.6 Å². The Kier molecular flexibility index (Phi) is 7.05. The molecule has 2 heterocycles. The van der Waals surface area contributed by atoms with Crippen molar-refractivity contribution in [1.82, 2.24) is 20.1 Å². The molecule has 7 nitrogen and oxygen atoms in total. The van der Waals surface area contributed by atoms with Gasteiger partial charge in [0, 0.05) is 58.1 Å². The average Bonchev–Trinajstić information content (AvgIpc) is 2.76. The van der Waals surface area contributed by atoms with Crippen molar-refractivity contribution in [3.05, 3.63) is 59.9 Å². The number of hydrogen-bond acceptors (Lipinski definition) is 4. The lowest BCUT2D eigenvalue weighted by atomic mass is 10.2. The van der Waals surface area contributed by atoms with Crippen LogP contribution in [0.5, 0.6) is 0 Å². The Labute approximate surface area is 172 Å². The minimum absolute atomic E-state index is 0.0841. The Morgan fingerprint density at radius 1 is 1.07 bits per heavy atom.